The number of hydrogen-bond donors (Lipinski definition) is 1. The summed E-state index contributed by atoms with van der Waals surface area (Å²) in [5.74, 6) is -1.26. The van der Waals surface area contributed by atoms with Crippen LogP contribution < -0.4 is 5.32 Å². The number of benzene rings is 2. The summed E-state index contributed by atoms with van der Waals surface area (Å²) in [7, 11) is -3.69. The van der Waals surface area contributed by atoms with Crippen LogP contribution in [0.3, 0.4) is 0 Å². The van der Waals surface area contributed by atoms with Gasteiger partial charge in [-0.1, -0.05) is 35.9 Å². The highest BCUT2D eigenvalue weighted by molar-refractivity contribution is 7.91. The molecule has 0 radical (unpaired) electrons. The SMILES string of the molecule is O=C(CCS(=O)(=O)c1ccccc1Cl)Nc1ncn(Cc2cccc(F)c2)n1. The third-order valence-corrected chi connectivity index (χ3v) is 6.00. The van der Waals surface area contributed by atoms with Gasteiger partial charge in [-0.3, -0.25) is 10.1 Å². The number of amides is 1. The van der Waals surface area contributed by atoms with Crippen molar-refractivity contribution in [1.82, 2.24) is 14.8 Å². The second-order valence-electron chi connectivity index (χ2n) is 5.94. The molecule has 7 nitrogen and oxygen atoms in total. The number of hydrogen-bond acceptors (Lipinski definition) is 5. The third-order valence-electron chi connectivity index (χ3n) is 3.79. The van der Waals surface area contributed by atoms with Crippen LogP contribution in [0.5, 0.6) is 0 Å². The molecule has 1 amide bonds. The van der Waals surface area contributed by atoms with Gasteiger partial charge in [-0.25, -0.2) is 22.5 Å². The zero-order chi connectivity index (χ0) is 20.1. The fourth-order valence-corrected chi connectivity index (χ4v) is 4.29. The maximum absolute atomic E-state index is 13.2. The smallest absolute Gasteiger partial charge is 0.248 e. The average molecular weight is 423 g/mol. The standard InChI is InChI=1S/C18H16ClFN4O3S/c19-15-6-1-2-7-16(15)28(26,27)9-8-17(25)22-18-21-12-24(23-18)11-13-4-3-5-14(20)10-13/h1-7,10,12H,8-9,11H2,(H,22,23,25). The van der Waals surface area contributed by atoms with Crippen LogP contribution in [-0.4, -0.2) is 34.8 Å². The minimum atomic E-state index is -3.69. The molecule has 1 aromatic heterocycles. The van der Waals surface area contributed by atoms with Crippen molar-refractivity contribution in [3.05, 3.63) is 71.3 Å². The van der Waals surface area contributed by atoms with Gasteiger partial charge in [-0.2, -0.15) is 0 Å². The zero-order valence-corrected chi connectivity index (χ0v) is 16.1. The number of carbonyl (C=O) groups is 1. The summed E-state index contributed by atoms with van der Waals surface area (Å²) < 4.78 is 39.3. The number of carbonyl (C=O) groups excluding carboxylic acids is 1. The monoisotopic (exact) mass is 422 g/mol. The Bertz CT molecular complexity index is 1100. The second-order valence-corrected chi connectivity index (χ2v) is 8.43. The Morgan fingerprint density at radius 2 is 1.96 bits per heavy atom. The average Bonchev–Trinajstić information content (AvgIpc) is 3.07. The predicted octanol–water partition coefficient (Wildman–Crippen LogP) is 2.92. The van der Waals surface area contributed by atoms with E-state index < -0.39 is 21.5 Å². The summed E-state index contributed by atoms with van der Waals surface area (Å²) in [5.41, 5.74) is 0.689. The van der Waals surface area contributed by atoms with Gasteiger partial charge in [0.1, 0.15) is 12.1 Å². The van der Waals surface area contributed by atoms with Crippen molar-refractivity contribution in [2.24, 2.45) is 0 Å². The summed E-state index contributed by atoms with van der Waals surface area (Å²) in [6.45, 7) is 0.279. The molecule has 146 valence electrons. The van der Waals surface area contributed by atoms with Crippen molar-refractivity contribution < 1.29 is 17.6 Å². The van der Waals surface area contributed by atoms with Crippen LogP contribution in [0.25, 0.3) is 0 Å². The van der Waals surface area contributed by atoms with Crippen LogP contribution in [0.4, 0.5) is 10.3 Å². The lowest BCUT2D eigenvalue weighted by molar-refractivity contribution is -0.115. The topological polar surface area (TPSA) is 94.0 Å². The van der Waals surface area contributed by atoms with Gasteiger partial charge >= 0.3 is 0 Å². The third kappa shape index (κ3) is 5.14. The number of sulfone groups is 1. The summed E-state index contributed by atoms with van der Waals surface area (Å²) in [6.07, 6.45) is 1.12. The van der Waals surface area contributed by atoms with Crippen molar-refractivity contribution in [3.63, 3.8) is 0 Å². The Balaban J connectivity index is 1.57. The number of anilines is 1. The van der Waals surface area contributed by atoms with E-state index in [-0.39, 0.29) is 34.6 Å². The molecule has 3 aromatic rings. The first-order valence-corrected chi connectivity index (χ1v) is 10.3. The summed E-state index contributed by atoms with van der Waals surface area (Å²) in [6, 6.07) is 12.1. The summed E-state index contributed by atoms with van der Waals surface area (Å²) >= 11 is 5.91. The molecule has 0 atom stereocenters. The highest BCUT2D eigenvalue weighted by atomic mass is 35.5. The molecule has 0 fully saturated rings. The van der Waals surface area contributed by atoms with Gasteiger partial charge in [0.05, 0.1) is 22.2 Å². The Hall–Kier alpha value is -2.78. The van der Waals surface area contributed by atoms with Crippen LogP contribution in [0.1, 0.15) is 12.0 Å². The van der Waals surface area contributed by atoms with E-state index in [1.54, 1.807) is 24.3 Å². The molecule has 0 aliphatic heterocycles. The number of rotatable bonds is 7. The first-order valence-electron chi connectivity index (χ1n) is 8.24. The molecule has 1 heterocycles. The van der Waals surface area contributed by atoms with Crippen molar-refractivity contribution >= 4 is 33.3 Å². The molecule has 0 saturated carbocycles. The normalized spacial score (nSPS) is 11.4. The largest absolute Gasteiger partial charge is 0.293 e. The maximum atomic E-state index is 13.2. The summed E-state index contributed by atoms with van der Waals surface area (Å²) in [5, 5.41) is 6.63. The fourth-order valence-electron chi connectivity index (χ4n) is 2.47. The van der Waals surface area contributed by atoms with E-state index in [0.717, 1.165) is 0 Å². The van der Waals surface area contributed by atoms with Gasteiger partial charge in [0, 0.05) is 6.42 Å². The Morgan fingerprint density at radius 1 is 1.18 bits per heavy atom. The van der Waals surface area contributed by atoms with E-state index in [1.807, 2.05) is 0 Å². The van der Waals surface area contributed by atoms with Gasteiger partial charge < -0.3 is 0 Å². The second kappa shape index (κ2) is 8.49. The molecule has 2 aromatic carbocycles. The summed E-state index contributed by atoms with van der Waals surface area (Å²) in [4.78, 5) is 16.0. The minimum Gasteiger partial charge on any atom is -0.293 e. The lowest BCUT2D eigenvalue weighted by Crippen LogP contribution is -2.18. The zero-order valence-electron chi connectivity index (χ0n) is 14.5. The number of nitrogens with one attached hydrogen (secondary N) is 1. The van der Waals surface area contributed by atoms with Crippen molar-refractivity contribution in [2.75, 3.05) is 11.1 Å². The van der Waals surface area contributed by atoms with Crippen molar-refractivity contribution in [1.29, 1.82) is 0 Å². The number of aromatic nitrogens is 3. The number of halogens is 2. The molecule has 28 heavy (non-hydrogen) atoms. The van der Waals surface area contributed by atoms with Gasteiger partial charge in [0.15, 0.2) is 9.84 Å². The molecule has 0 spiro atoms. The van der Waals surface area contributed by atoms with E-state index in [4.69, 9.17) is 11.6 Å². The molecule has 0 bridgehead atoms. The highest BCUT2D eigenvalue weighted by Crippen LogP contribution is 2.22. The van der Waals surface area contributed by atoms with Gasteiger partial charge in [0.2, 0.25) is 11.9 Å². The fraction of sp³-hybridized carbons (Fsp3) is 0.167. The van der Waals surface area contributed by atoms with Crippen molar-refractivity contribution in [3.8, 4) is 0 Å². The molecular formula is C18H16ClFN4O3S. The highest BCUT2D eigenvalue weighted by Gasteiger charge is 2.19. The molecule has 1 N–H and O–H groups in total. The molecule has 10 heteroatoms. The quantitative estimate of drug-likeness (QED) is 0.631. The van der Waals surface area contributed by atoms with Crippen LogP contribution in [0.15, 0.2) is 59.8 Å². The van der Waals surface area contributed by atoms with Gasteiger partial charge in [-0.15, -0.1) is 5.10 Å². The predicted molar refractivity (Wildman–Crippen MR) is 102 cm³/mol. The van der Waals surface area contributed by atoms with E-state index in [0.29, 0.717) is 5.56 Å². The van der Waals surface area contributed by atoms with E-state index in [1.165, 1.54) is 35.3 Å². The Kier molecular flexibility index (Phi) is 6.05. The Morgan fingerprint density at radius 3 is 2.71 bits per heavy atom. The molecule has 3 rings (SSSR count). The lowest BCUT2D eigenvalue weighted by Gasteiger charge is -2.06. The minimum absolute atomic E-state index is 0.0121. The van der Waals surface area contributed by atoms with Crippen LogP contribution in [0, 0.1) is 5.82 Å². The Labute approximate surface area is 166 Å². The van der Waals surface area contributed by atoms with E-state index in [9.17, 15) is 17.6 Å². The molecule has 0 aliphatic carbocycles. The van der Waals surface area contributed by atoms with Gasteiger partial charge in [0.25, 0.3) is 0 Å². The lowest BCUT2D eigenvalue weighted by atomic mass is 10.2. The van der Waals surface area contributed by atoms with E-state index in [2.05, 4.69) is 15.4 Å². The first-order chi connectivity index (χ1) is 13.3. The van der Waals surface area contributed by atoms with Crippen LogP contribution in [-0.2, 0) is 21.2 Å². The molecule has 0 aliphatic rings. The van der Waals surface area contributed by atoms with Gasteiger partial charge in [-0.05, 0) is 29.8 Å². The first kappa shape index (κ1) is 20.0. The van der Waals surface area contributed by atoms with E-state index >= 15 is 0 Å². The number of nitrogens with zero attached hydrogens (tertiary/aromatic N) is 3. The van der Waals surface area contributed by atoms with Crippen LogP contribution >= 0.6 is 11.6 Å². The molecule has 0 saturated heterocycles. The molecular weight excluding hydrogens is 407 g/mol. The van der Waals surface area contributed by atoms with Crippen molar-refractivity contribution in [2.45, 2.75) is 17.9 Å². The maximum Gasteiger partial charge on any atom is 0.248 e. The van der Waals surface area contributed by atoms with Crippen LogP contribution in [0.2, 0.25) is 5.02 Å². The molecule has 0 unspecified atom stereocenters.